The molecule has 0 bridgehead atoms. The van der Waals surface area contributed by atoms with Crippen molar-refractivity contribution in [3.05, 3.63) is 65.6 Å². The van der Waals surface area contributed by atoms with E-state index in [0.717, 1.165) is 17.0 Å². The molecule has 0 aliphatic rings. The fourth-order valence-electron chi connectivity index (χ4n) is 2.73. The number of pyridine rings is 1. The van der Waals surface area contributed by atoms with Gasteiger partial charge in [0.25, 0.3) is 11.7 Å². The summed E-state index contributed by atoms with van der Waals surface area (Å²) in [6.07, 6.45) is 3.27. The SMILES string of the molecule is Cc1cc(C)n2nc(C(=O)NCc3cccnc3-c3ccco3)nc2n1. The Balaban J connectivity index is 1.56. The molecule has 0 saturated carbocycles. The second-order valence-electron chi connectivity index (χ2n) is 5.86. The van der Waals surface area contributed by atoms with Gasteiger partial charge < -0.3 is 9.73 Å². The first-order valence-electron chi connectivity index (χ1n) is 8.09. The van der Waals surface area contributed by atoms with Crippen LogP contribution in [0.3, 0.4) is 0 Å². The Morgan fingerprint density at radius 3 is 2.92 bits per heavy atom. The molecule has 0 saturated heterocycles. The van der Waals surface area contributed by atoms with E-state index in [4.69, 9.17) is 4.42 Å². The smallest absolute Gasteiger partial charge is 0.291 e. The van der Waals surface area contributed by atoms with Gasteiger partial charge in [0.2, 0.25) is 5.82 Å². The van der Waals surface area contributed by atoms with Gasteiger partial charge in [0.1, 0.15) is 5.69 Å². The van der Waals surface area contributed by atoms with E-state index in [1.807, 2.05) is 38.1 Å². The summed E-state index contributed by atoms with van der Waals surface area (Å²) in [7, 11) is 0. The van der Waals surface area contributed by atoms with Crippen molar-refractivity contribution in [1.29, 1.82) is 0 Å². The summed E-state index contributed by atoms with van der Waals surface area (Å²) in [5.74, 6) is 0.762. The first-order chi connectivity index (χ1) is 12.6. The number of rotatable bonds is 4. The average molecular weight is 348 g/mol. The Morgan fingerprint density at radius 1 is 1.23 bits per heavy atom. The standard InChI is InChI=1S/C18H16N6O2/c1-11-9-12(2)24-18(21-11)22-16(23-24)17(25)20-10-13-5-3-7-19-15(13)14-6-4-8-26-14/h3-9H,10H2,1-2H3,(H,20,25). The normalized spacial score (nSPS) is 11.0. The van der Waals surface area contributed by atoms with Crippen molar-refractivity contribution < 1.29 is 9.21 Å². The van der Waals surface area contributed by atoms with E-state index in [9.17, 15) is 4.79 Å². The van der Waals surface area contributed by atoms with E-state index < -0.39 is 0 Å². The predicted octanol–water partition coefficient (Wildman–Crippen LogP) is 2.33. The van der Waals surface area contributed by atoms with E-state index >= 15 is 0 Å². The Hall–Kier alpha value is -3.55. The lowest BCUT2D eigenvalue weighted by Crippen LogP contribution is -2.24. The number of carbonyl (C=O) groups is 1. The van der Waals surface area contributed by atoms with E-state index in [-0.39, 0.29) is 18.3 Å². The molecule has 0 aromatic carbocycles. The summed E-state index contributed by atoms with van der Waals surface area (Å²) in [5.41, 5.74) is 3.22. The number of furan rings is 1. The Kier molecular flexibility index (Phi) is 3.92. The minimum absolute atomic E-state index is 0.0784. The van der Waals surface area contributed by atoms with Crippen LogP contribution >= 0.6 is 0 Å². The monoisotopic (exact) mass is 348 g/mol. The fraction of sp³-hybridized carbons (Fsp3) is 0.167. The quantitative estimate of drug-likeness (QED) is 0.608. The first-order valence-corrected chi connectivity index (χ1v) is 8.09. The molecule has 4 aromatic heterocycles. The van der Waals surface area contributed by atoms with Crippen LogP contribution in [0.5, 0.6) is 0 Å². The van der Waals surface area contributed by atoms with Gasteiger partial charge in [-0.2, -0.15) is 4.98 Å². The molecule has 1 N–H and O–H groups in total. The van der Waals surface area contributed by atoms with Crippen LogP contribution in [0.15, 0.2) is 47.2 Å². The predicted molar refractivity (Wildman–Crippen MR) is 93.4 cm³/mol. The maximum Gasteiger partial charge on any atom is 0.291 e. The minimum atomic E-state index is -0.373. The Bertz CT molecular complexity index is 1080. The summed E-state index contributed by atoms with van der Waals surface area (Å²) >= 11 is 0. The van der Waals surface area contributed by atoms with Gasteiger partial charge >= 0.3 is 0 Å². The number of aromatic nitrogens is 5. The van der Waals surface area contributed by atoms with Gasteiger partial charge in [-0.1, -0.05) is 6.07 Å². The molecule has 4 aromatic rings. The number of nitrogens with one attached hydrogen (secondary N) is 1. The van der Waals surface area contributed by atoms with Gasteiger partial charge in [-0.15, -0.1) is 5.10 Å². The molecule has 8 nitrogen and oxygen atoms in total. The van der Waals surface area contributed by atoms with Crippen molar-refractivity contribution in [2.45, 2.75) is 20.4 Å². The van der Waals surface area contributed by atoms with Gasteiger partial charge in [0, 0.05) is 29.7 Å². The Labute approximate surface area is 148 Å². The van der Waals surface area contributed by atoms with Crippen molar-refractivity contribution in [2.24, 2.45) is 0 Å². The molecule has 0 aliphatic carbocycles. The molecular weight excluding hydrogens is 332 g/mol. The summed E-state index contributed by atoms with van der Waals surface area (Å²) in [5, 5.41) is 7.06. The summed E-state index contributed by atoms with van der Waals surface area (Å²) in [4.78, 5) is 25.3. The zero-order valence-corrected chi connectivity index (χ0v) is 14.3. The number of nitrogens with zero attached hydrogens (tertiary/aromatic N) is 5. The number of hydrogen-bond donors (Lipinski definition) is 1. The molecule has 0 spiro atoms. The highest BCUT2D eigenvalue weighted by Crippen LogP contribution is 2.21. The van der Waals surface area contributed by atoms with Crippen LogP contribution in [0, 0.1) is 13.8 Å². The number of carbonyl (C=O) groups excluding carboxylic acids is 1. The maximum atomic E-state index is 12.5. The van der Waals surface area contributed by atoms with Gasteiger partial charge in [0.05, 0.1) is 6.26 Å². The van der Waals surface area contributed by atoms with Crippen LogP contribution < -0.4 is 5.32 Å². The lowest BCUT2D eigenvalue weighted by atomic mass is 10.1. The topological polar surface area (TPSA) is 98.2 Å². The molecule has 1 amide bonds. The van der Waals surface area contributed by atoms with Gasteiger partial charge in [-0.3, -0.25) is 9.78 Å². The highest BCUT2D eigenvalue weighted by molar-refractivity contribution is 5.90. The molecular formula is C18H16N6O2. The van der Waals surface area contributed by atoms with Crippen molar-refractivity contribution in [1.82, 2.24) is 29.9 Å². The first kappa shape index (κ1) is 15.9. The third kappa shape index (κ3) is 2.92. The zero-order chi connectivity index (χ0) is 18.1. The van der Waals surface area contributed by atoms with E-state index in [2.05, 4.69) is 25.4 Å². The van der Waals surface area contributed by atoms with Crippen molar-refractivity contribution in [3.63, 3.8) is 0 Å². The van der Waals surface area contributed by atoms with E-state index in [0.29, 0.717) is 17.2 Å². The molecule has 0 unspecified atom stereocenters. The fourth-order valence-corrected chi connectivity index (χ4v) is 2.73. The zero-order valence-electron chi connectivity index (χ0n) is 14.3. The van der Waals surface area contributed by atoms with Gasteiger partial charge in [0.15, 0.2) is 5.76 Å². The summed E-state index contributed by atoms with van der Waals surface area (Å²) in [6, 6.07) is 9.21. The molecule has 0 aliphatic heterocycles. The molecule has 0 atom stereocenters. The average Bonchev–Trinajstić information content (AvgIpc) is 3.29. The lowest BCUT2D eigenvalue weighted by Gasteiger charge is -2.06. The molecule has 130 valence electrons. The minimum Gasteiger partial charge on any atom is -0.463 e. The highest BCUT2D eigenvalue weighted by Gasteiger charge is 2.16. The van der Waals surface area contributed by atoms with Gasteiger partial charge in [-0.05, 0) is 38.1 Å². The van der Waals surface area contributed by atoms with E-state index in [1.165, 1.54) is 0 Å². The molecule has 26 heavy (non-hydrogen) atoms. The highest BCUT2D eigenvalue weighted by atomic mass is 16.3. The van der Waals surface area contributed by atoms with Crippen molar-refractivity contribution in [2.75, 3.05) is 0 Å². The second-order valence-corrected chi connectivity index (χ2v) is 5.86. The number of hydrogen-bond acceptors (Lipinski definition) is 6. The van der Waals surface area contributed by atoms with Crippen molar-refractivity contribution in [3.8, 4) is 11.5 Å². The molecule has 0 radical (unpaired) electrons. The molecule has 8 heteroatoms. The number of fused-ring (bicyclic) bond motifs is 1. The Morgan fingerprint density at radius 2 is 2.12 bits per heavy atom. The maximum absolute atomic E-state index is 12.5. The third-order valence-electron chi connectivity index (χ3n) is 3.91. The largest absolute Gasteiger partial charge is 0.463 e. The van der Waals surface area contributed by atoms with Crippen LogP contribution in [0.1, 0.15) is 27.6 Å². The molecule has 4 rings (SSSR count). The number of amides is 1. The number of aryl methyl sites for hydroxylation is 2. The third-order valence-corrected chi connectivity index (χ3v) is 3.91. The van der Waals surface area contributed by atoms with E-state index in [1.54, 1.807) is 23.0 Å². The molecule has 4 heterocycles. The van der Waals surface area contributed by atoms with Crippen LogP contribution in [0.25, 0.3) is 17.2 Å². The van der Waals surface area contributed by atoms with Crippen LogP contribution in [0.4, 0.5) is 0 Å². The van der Waals surface area contributed by atoms with Crippen LogP contribution in [0.2, 0.25) is 0 Å². The second kappa shape index (κ2) is 6.40. The van der Waals surface area contributed by atoms with Crippen molar-refractivity contribution >= 4 is 11.7 Å². The lowest BCUT2D eigenvalue weighted by molar-refractivity contribution is 0.0940. The van der Waals surface area contributed by atoms with Crippen LogP contribution in [-0.2, 0) is 6.54 Å². The molecule has 0 fully saturated rings. The van der Waals surface area contributed by atoms with Crippen LogP contribution in [-0.4, -0.2) is 30.5 Å². The van der Waals surface area contributed by atoms with Gasteiger partial charge in [-0.25, -0.2) is 9.50 Å². The summed E-state index contributed by atoms with van der Waals surface area (Å²) < 4.78 is 6.96. The summed E-state index contributed by atoms with van der Waals surface area (Å²) in [6.45, 7) is 4.05.